The van der Waals surface area contributed by atoms with Gasteiger partial charge in [-0.1, -0.05) is 170 Å². The molecule has 1 spiro atoms. The molecule has 7 aromatic rings. The SMILES string of the molecule is C1=CC2C(C(N(c3ccccc3)c3ccc(-c4ccccc4)cc3)=C1)c1ccccc1C21c2ccccc2-c2ccc(N(C3=c4ccccc4=CCC3)C3CC=CCC3)cc21. The zero-order valence-corrected chi connectivity index (χ0v) is 34.4. The second kappa shape index (κ2) is 14.7. The Kier molecular flexibility index (Phi) is 8.66. The van der Waals surface area contributed by atoms with Crippen molar-refractivity contribution in [3.63, 3.8) is 0 Å². The predicted octanol–water partition coefficient (Wildman–Crippen LogP) is 13.0. The second-order valence-corrected chi connectivity index (χ2v) is 17.3. The van der Waals surface area contributed by atoms with Crippen molar-refractivity contribution in [2.45, 2.75) is 49.5 Å². The number of hydrogen-bond acceptors (Lipinski definition) is 2. The number of hydrogen-bond donors (Lipinski definition) is 0. The Morgan fingerprint density at radius 3 is 2.07 bits per heavy atom. The van der Waals surface area contributed by atoms with Gasteiger partial charge in [-0.25, -0.2) is 0 Å². The summed E-state index contributed by atoms with van der Waals surface area (Å²) in [6.45, 7) is 0. The Morgan fingerprint density at radius 1 is 0.541 bits per heavy atom. The van der Waals surface area contributed by atoms with Crippen LogP contribution in [-0.4, -0.2) is 6.04 Å². The fraction of sp³-hybridized carbons (Fsp3) is 0.153. The topological polar surface area (TPSA) is 6.48 Å². The highest BCUT2D eigenvalue weighted by Crippen LogP contribution is 2.67. The van der Waals surface area contributed by atoms with Gasteiger partial charge >= 0.3 is 0 Å². The molecule has 0 heterocycles. The minimum absolute atomic E-state index is 0.118. The molecule has 0 fully saturated rings. The molecule has 12 rings (SSSR count). The summed E-state index contributed by atoms with van der Waals surface area (Å²) >= 11 is 0. The Balaban J connectivity index is 1.05. The molecule has 61 heavy (non-hydrogen) atoms. The molecule has 7 aromatic carbocycles. The lowest BCUT2D eigenvalue weighted by Crippen LogP contribution is -2.42. The van der Waals surface area contributed by atoms with Gasteiger partial charge in [0.2, 0.25) is 0 Å². The van der Waals surface area contributed by atoms with Crippen LogP contribution in [0.25, 0.3) is 34.0 Å². The van der Waals surface area contributed by atoms with Crippen LogP contribution in [0.15, 0.2) is 212 Å². The molecule has 4 unspecified atom stereocenters. The molecular weight excluding hydrogens is 737 g/mol. The summed E-state index contributed by atoms with van der Waals surface area (Å²) in [7, 11) is 0. The molecule has 2 heteroatoms. The van der Waals surface area contributed by atoms with Gasteiger partial charge < -0.3 is 9.80 Å². The van der Waals surface area contributed by atoms with Gasteiger partial charge in [0.1, 0.15) is 0 Å². The van der Waals surface area contributed by atoms with Crippen LogP contribution in [-0.2, 0) is 5.41 Å². The molecule has 4 atom stereocenters. The van der Waals surface area contributed by atoms with Crippen LogP contribution >= 0.6 is 0 Å². The number of benzene rings is 7. The lowest BCUT2D eigenvalue weighted by molar-refractivity contribution is 0.451. The molecule has 2 nitrogen and oxygen atoms in total. The standard InChI is InChI=1S/C59H48N2/c1-4-18-41(19-5-1)42-34-36-46(37-35-42)60(44-22-6-2-7-23-44)57-33-17-31-54-58(57)51-28-13-15-30-53(51)59(54)52-29-14-12-27-49(52)50-39-38-47(40-55(50)59)61(45-24-8-3-9-25-45)56-32-16-21-43-20-10-11-26-48(43)56/h1-8,10-15,17-23,26-31,33-40,45,54,58H,9,16,24-25,32H2. The van der Waals surface area contributed by atoms with E-state index in [0.717, 1.165) is 32.1 Å². The van der Waals surface area contributed by atoms with E-state index in [1.54, 1.807) is 0 Å². The van der Waals surface area contributed by atoms with E-state index in [4.69, 9.17) is 0 Å². The fourth-order valence-electron chi connectivity index (χ4n) is 11.8. The number of allylic oxidation sites excluding steroid dienone is 5. The highest BCUT2D eigenvalue weighted by molar-refractivity contribution is 5.89. The first-order valence-corrected chi connectivity index (χ1v) is 22.2. The van der Waals surface area contributed by atoms with E-state index in [1.165, 1.54) is 83.4 Å². The quantitative estimate of drug-likeness (QED) is 0.149. The number of para-hydroxylation sites is 1. The van der Waals surface area contributed by atoms with Gasteiger partial charge in [0, 0.05) is 51.6 Å². The van der Waals surface area contributed by atoms with Crippen molar-refractivity contribution < 1.29 is 0 Å². The van der Waals surface area contributed by atoms with Crippen molar-refractivity contribution in [1.29, 1.82) is 0 Å². The third-order valence-corrected chi connectivity index (χ3v) is 14.3. The first-order chi connectivity index (χ1) is 30.3. The van der Waals surface area contributed by atoms with Crippen molar-refractivity contribution in [3.8, 4) is 22.3 Å². The Morgan fingerprint density at radius 2 is 1.23 bits per heavy atom. The van der Waals surface area contributed by atoms with Gasteiger partial charge in [0.15, 0.2) is 0 Å². The van der Waals surface area contributed by atoms with Gasteiger partial charge in [0.25, 0.3) is 0 Å². The van der Waals surface area contributed by atoms with E-state index in [2.05, 4.69) is 222 Å². The molecule has 0 aromatic heterocycles. The summed E-state index contributed by atoms with van der Waals surface area (Å²) in [5.41, 5.74) is 16.9. The molecule has 0 saturated heterocycles. The zero-order chi connectivity index (χ0) is 40.3. The zero-order valence-electron chi connectivity index (χ0n) is 34.4. The predicted molar refractivity (Wildman–Crippen MR) is 254 cm³/mol. The summed E-state index contributed by atoms with van der Waals surface area (Å²) in [6, 6.07) is 66.6. The molecule has 5 aliphatic carbocycles. The van der Waals surface area contributed by atoms with Crippen molar-refractivity contribution in [1.82, 2.24) is 0 Å². The largest absolute Gasteiger partial charge is 0.341 e. The maximum absolute atomic E-state index is 2.77. The average Bonchev–Trinajstić information content (AvgIpc) is 3.81. The molecule has 0 bridgehead atoms. The molecule has 294 valence electrons. The highest BCUT2D eigenvalue weighted by Gasteiger charge is 2.59. The van der Waals surface area contributed by atoms with E-state index >= 15 is 0 Å². The van der Waals surface area contributed by atoms with Gasteiger partial charge in [-0.15, -0.1) is 0 Å². The van der Waals surface area contributed by atoms with Crippen LogP contribution in [0.2, 0.25) is 0 Å². The van der Waals surface area contributed by atoms with Gasteiger partial charge in [-0.3, -0.25) is 0 Å². The second-order valence-electron chi connectivity index (χ2n) is 17.3. The molecule has 0 radical (unpaired) electrons. The van der Waals surface area contributed by atoms with Gasteiger partial charge in [0.05, 0.1) is 5.41 Å². The number of fused-ring (bicyclic) bond motifs is 11. The normalized spacial score (nSPS) is 21.4. The Hall–Kier alpha value is -6.90. The van der Waals surface area contributed by atoms with Gasteiger partial charge in [-0.05, 0) is 124 Å². The molecule has 0 N–H and O–H groups in total. The van der Waals surface area contributed by atoms with Crippen molar-refractivity contribution in [3.05, 3.63) is 245 Å². The highest BCUT2D eigenvalue weighted by atomic mass is 15.2. The van der Waals surface area contributed by atoms with E-state index in [0.29, 0.717) is 6.04 Å². The Bertz CT molecular complexity index is 3030. The molecule has 0 aliphatic heterocycles. The molecular formula is C59H48N2. The van der Waals surface area contributed by atoms with E-state index < -0.39 is 0 Å². The summed E-state index contributed by atoms with van der Waals surface area (Å²) in [4.78, 5) is 5.29. The van der Waals surface area contributed by atoms with Crippen molar-refractivity contribution >= 4 is 28.8 Å². The van der Waals surface area contributed by atoms with E-state index in [9.17, 15) is 0 Å². The lowest BCUT2D eigenvalue weighted by Gasteiger charge is -2.41. The third-order valence-electron chi connectivity index (χ3n) is 14.3. The maximum Gasteiger partial charge on any atom is 0.0539 e. The number of anilines is 3. The summed E-state index contributed by atoms with van der Waals surface area (Å²) in [5.74, 6) is 0.272. The van der Waals surface area contributed by atoms with Crippen molar-refractivity contribution in [2.24, 2.45) is 5.92 Å². The lowest BCUT2D eigenvalue weighted by atomic mass is 9.65. The van der Waals surface area contributed by atoms with Gasteiger partial charge in [-0.2, -0.15) is 0 Å². The summed E-state index contributed by atoms with van der Waals surface area (Å²) in [5, 5.41) is 2.75. The Labute approximate surface area is 359 Å². The minimum atomic E-state index is -0.375. The van der Waals surface area contributed by atoms with Crippen LogP contribution in [0, 0.1) is 5.92 Å². The van der Waals surface area contributed by atoms with E-state index in [-0.39, 0.29) is 17.3 Å². The molecule has 0 saturated carbocycles. The van der Waals surface area contributed by atoms with Crippen molar-refractivity contribution in [2.75, 3.05) is 9.80 Å². The molecule has 0 amide bonds. The number of nitrogens with zero attached hydrogens (tertiary/aromatic N) is 2. The molecule has 5 aliphatic rings. The summed E-state index contributed by atoms with van der Waals surface area (Å²) in [6.07, 6.45) is 20.0. The fourth-order valence-corrected chi connectivity index (χ4v) is 11.8. The monoisotopic (exact) mass is 784 g/mol. The summed E-state index contributed by atoms with van der Waals surface area (Å²) < 4.78 is 0. The maximum atomic E-state index is 2.77. The van der Waals surface area contributed by atoms with Crippen LogP contribution in [0.3, 0.4) is 0 Å². The van der Waals surface area contributed by atoms with Crippen LogP contribution in [0.5, 0.6) is 0 Å². The number of rotatable bonds is 7. The van der Waals surface area contributed by atoms with Crippen LogP contribution in [0.4, 0.5) is 17.1 Å². The first kappa shape index (κ1) is 36.0. The van der Waals surface area contributed by atoms with E-state index in [1.807, 2.05) is 0 Å². The average molecular weight is 785 g/mol. The van der Waals surface area contributed by atoms with Crippen LogP contribution in [0.1, 0.15) is 60.3 Å². The first-order valence-electron chi connectivity index (χ1n) is 22.2. The van der Waals surface area contributed by atoms with Crippen LogP contribution < -0.4 is 20.2 Å². The minimum Gasteiger partial charge on any atom is -0.341 e. The smallest absolute Gasteiger partial charge is 0.0539 e. The third kappa shape index (κ3) is 5.62.